The molecule has 0 bridgehead atoms. The van der Waals surface area contributed by atoms with Gasteiger partial charge in [-0.05, 0) is 19.3 Å². The van der Waals surface area contributed by atoms with E-state index in [2.05, 4.69) is 4.99 Å². The maximum atomic E-state index is 10.0. The molecule has 0 aliphatic heterocycles. The first-order valence-electron chi connectivity index (χ1n) is 4.15. The van der Waals surface area contributed by atoms with Crippen LogP contribution in [0.3, 0.4) is 0 Å². The topological polar surface area (TPSA) is 32.6 Å². The summed E-state index contributed by atoms with van der Waals surface area (Å²) in [6, 6.07) is 0. The molecule has 0 saturated carbocycles. The van der Waals surface area contributed by atoms with Crippen molar-refractivity contribution in [1.82, 2.24) is 0 Å². The second-order valence-electron chi connectivity index (χ2n) is 3.24. The van der Waals surface area contributed by atoms with Crippen LogP contribution in [0.25, 0.3) is 0 Å². The average Bonchev–Trinajstić information content (AvgIpc) is 2.01. The number of hydrogen-bond acceptors (Lipinski definition) is 2. The second-order valence-corrected chi connectivity index (χ2v) is 3.24. The standard InChI is InChI=1S/C9H19NO.Pm/c1-6-9(11,7(2)3)8(4)10-5;/h7,11H,6H2,1-5H3;. The van der Waals surface area contributed by atoms with Crippen molar-refractivity contribution in [3.05, 3.63) is 0 Å². The van der Waals surface area contributed by atoms with Gasteiger partial charge in [0.2, 0.25) is 0 Å². The summed E-state index contributed by atoms with van der Waals surface area (Å²) in [5.41, 5.74) is 0.129. The maximum Gasteiger partial charge on any atom is 0.104 e. The summed E-state index contributed by atoms with van der Waals surface area (Å²) in [4.78, 5) is 4.02. The second kappa shape index (κ2) is 6.43. The minimum Gasteiger partial charge on any atom is -0.384 e. The molecular formula is C9H19NOPm. The molecule has 1 unspecified atom stereocenters. The van der Waals surface area contributed by atoms with E-state index in [0.29, 0.717) is 0 Å². The Hall–Kier alpha value is 0.968. The summed E-state index contributed by atoms with van der Waals surface area (Å²) in [7, 11) is 1.72. The summed E-state index contributed by atoms with van der Waals surface area (Å²) in [6.45, 7) is 7.88. The smallest absolute Gasteiger partial charge is 0.104 e. The molecule has 0 aromatic heterocycles. The third-order valence-corrected chi connectivity index (χ3v) is 2.46. The fourth-order valence-corrected chi connectivity index (χ4v) is 1.28. The Balaban J connectivity index is 0. The summed E-state index contributed by atoms with van der Waals surface area (Å²) in [5, 5.41) is 10.0. The molecule has 0 rings (SSSR count). The van der Waals surface area contributed by atoms with Crippen molar-refractivity contribution in [2.75, 3.05) is 7.05 Å². The third-order valence-electron chi connectivity index (χ3n) is 2.46. The predicted octanol–water partition coefficient (Wildman–Crippen LogP) is 1.87. The van der Waals surface area contributed by atoms with E-state index in [4.69, 9.17) is 0 Å². The Labute approximate surface area is 108 Å². The van der Waals surface area contributed by atoms with E-state index < -0.39 is 5.60 Å². The van der Waals surface area contributed by atoms with Gasteiger partial charge in [-0.2, -0.15) is 0 Å². The van der Waals surface area contributed by atoms with Gasteiger partial charge in [0.05, 0.1) is 0 Å². The Morgan fingerprint density at radius 3 is 2.00 bits per heavy atom. The van der Waals surface area contributed by atoms with Gasteiger partial charge >= 0.3 is 0 Å². The summed E-state index contributed by atoms with van der Waals surface area (Å²) < 4.78 is 0. The Kier molecular flexibility index (Phi) is 8.27. The van der Waals surface area contributed by atoms with Crippen molar-refractivity contribution in [3.8, 4) is 0 Å². The molecule has 0 saturated heterocycles. The van der Waals surface area contributed by atoms with E-state index in [1.54, 1.807) is 7.05 Å². The van der Waals surface area contributed by atoms with Crippen molar-refractivity contribution in [2.45, 2.75) is 39.7 Å². The van der Waals surface area contributed by atoms with Crippen LogP contribution in [-0.2, 0) is 0 Å². The average molecular weight is 302 g/mol. The molecule has 1 radical (unpaired) electrons. The number of hydrogen-bond donors (Lipinski definition) is 1. The van der Waals surface area contributed by atoms with Gasteiger partial charge in [0.1, 0.15) is 5.60 Å². The van der Waals surface area contributed by atoms with Crippen molar-refractivity contribution in [1.29, 1.82) is 0 Å². The van der Waals surface area contributed by atoms with E-state index in [1.165, 1.54) is 0 Å². The first kappa shape index (κ1) is 15.4. The Morgan fingerprint density at radius 2 is 1.92 bits per heavy atom. The summed E-state index contributed by atoms with van der Waals surface area (Å²) >= 11 is 0. The van der Waals surface area contributed by atoms with Crippen LogP contribution in [-0.4, -0.2) is 23.5 Å². The molecule has 3 heteroatoms. The zero-order valence-electron chi connectivity index (χ0n) is 8.63. The van der Waals surface area contributed by atoms with Crippen LogP contribution < -0.4 is 0 Å². The van der Waals surface area contributed by atoms with Gasteiger partial charge in [0.15, 0.2) is 0 Å². The largest absolute Gasteiger partial charge is 0.384 e. The summed E-state index contributed by atoms with van der Waals surface area (Å²) in [6.07, 6.45) is 0.730. The molecule has 0 aliphatic rings. The summed E-state index contributed by atoms with van der Waals surface area (Å²) in [5.74, 6) is 0.233. The van der Waals surface area contributed by atoms with Crippen molar-refractivity contribution >= 4 is 5.71 Å². The Bertz CT molecular complexity index is 157. The molecule has 0 aromatic carbocycles. The fourth-order valence-electron chi connectivity index (χ4n) is 1.28. The van der Waals surface area contributed by atoms with Crippen molar-refractivity contribution in [2.24, 2.45) is 10.9 Å². The van der Waals surface area contributed by atoms with Gasteiger partial charge in [-0.15, -0.1) is 0 Å². The Morgan fingerprint density at radius 1 is 1.50 bits per heavy atom. The number of aliphatic imine (C=N–C) groups is 1. The quantitative estimate of drug-likeness (QED) is 0.793. The van der Waals surface area contributed by atoms with Crippen LogP contribution >= 0.6 is 0 Å². The van der Waals surface area contributed by atoms with Gasteiger partial charge in [-0.3, -0.25) is 4.99 Å². The molecule has 2 nitrogen and oxygen atoms in total. The SMILES string of the molecule is CCC(O)(C(C)=NC)C(C)C.[Pm]. The normalized spacial score (nSPS) is 17.1. The molecule has 0 amide bonds. The molecule has 71 valence electrons. The minimum atomic E-state index is -0.700. The van der Waals surface area contributed by atoms with Crippen molar-refractivity contribution < 1.29 is 45.5 Å². The molecule has 0 aromatic rings. The first-order valence-corrected chi connectivity index (χ1v) is 4.15. The van der Waals surface area contributed by atoms with E-state index in [9.17, 15) is 5.11 Å². The predicted molar refractivity (Wildman–Crippen MR) is 49.1 cm³/mol. The van der Waals surface area contributed by atoms with E-state index in [-0.39, 0.29) is 46.3 Å². The monoisotopic (exact) mass is 302 g/mol. The van der Waals surface area contributed by atoms with Gasteiger partial charge in [0.25, 0.3) is 0 Å². The van der Waals surface area contributed by atoms with Crippen LogP contribution in [0.4, 0.5) is 0 Å². The number of nitrogens with zero attached hydrogens (tertiary/aromatic N) is 1. The number of rotatable bonds is 3. The van der Waals surface area contributed by atoms with E-state index >= 15 is 0 Å². The first-order chi connectivity index (χ1) is 4.99. The van der Waals surface area contributed by atoms with Gasteiger partial charge in [-0.25, -0.2) is 0 Å². The van der Waals surface area contributed by atoms with Gasteiger partial charge in [0, 0.05) is 53.1 Å². The van der Waals surface area contributed by atoms with E-state index in [1.807, 2.05) is 27.7 Å². The molecule has 0 spiro atoms. The zero-order valence-corrected chi connectivity index (χ0v) is 11.5. The molecule has 0 aliphatic carbocycles. The molecule has 0 fully saturated rings. The van der Waals surface area contributed by atoms with Crippen LogP contribution in [0.2, 0.25) is 0 Å². The zero-order chi connectivity index (χ0) is 9.07. The number of aliphatic hydroxyl groups is 1. The van der Waals surface area contributed by atoms with Crippen LogP contribution in [0.15, 0.2) is 4.99 Å². The van der Waals surface area contributed by atoms with Gasteiger partial charge in [-0.1, -0.05) is 20.8 Å². The molecule has 1 N–H and O–H groups in total. The minimum absolute atomic E-state index is 0. The van der Waals surface area contributed by atoms with Gasteiger partial charge < -0.3 is 5.11 Å². The van der Waals surface area contributed by atoms with Crippen LogP contribution in [0.1, 0.15) is 34.1 Å². The fraction of sp³-hybridized carbons (Fsp3) is 0.889. The van der Waals surface area contributed by atoms with Crippen molar-refractivity contribution in [3.63, 3.8) is 0 Å². The molecule has 1 atom stereocenters. The molecule has 12 heavy (non-hydrogen) atoms. The maximum absolute atomic E-state index is 10.0. The van der Waals surface area contributed by atoms with Crippen LogP contribution in [0, 0.1) is 46.3 Å². The molecule has 0 heterocycles. The third kappa shape index (κ3) is 3.38. The molecular weight excluding hydrogens is 283 g/mol. The van der Waals surface area contributed by atoms with E-state index in [0.717, 1.165) is 12.1 Å². The van der Waals surface area contributed by atoms with Crippen LogP contribution in [0.5, 0.6) is 0 Å².